The fourth-order valence-corrected chi connectivity index (χ4v) is 2.30. The molecule has 0 aliphatic carbocycles. The van der Waals surface area contributed by atoms with Gasteiger partial charge < -0.3 is 20.5 Å². The second kappa shape index (κ2) is 6.92. The zero-order valence-corrected chi connectivity index (χ0v) is 11.9. The van der Waals surface area contributed by atoms with Crippen LogP contribution in [0.4, 0.5) is 10.5 Å². The van der Waals surface area contributed by atoms with Crippen molar-refractivity contribution in [3.8, 4) is 0 Å². The van der Waals surface area contributed by atoms with Crippen LogP contribution in [-0.4, -0.2) is 37.5 Å². The minimum Gasteiger partial charge on any atom is -0.396 e. The van der Waals surface area contributed by atoms with E-state index >= 15 is 0 Å². The number of amides is 2. The number of urea groups is 1. The van der Waals surface area contributed by atoms with Gasteiger partial charge in [0.25, 0.3) is 0 Å². The van der Waals surface area contributed by atoms with Crippen molar-refractivity contribution in [1.29, 1.82) is 0 Å². The molecule has 0 bridgehead atoms. The van der Waals surface area contributed by atoms with Crippen LogP contribution in [0.2, 0.25) is 5.02 Å². The molecule has 2 rings (SSSR count). The minimum absolute atomic E-state index is 0.0532. The predicted octanol–water partition coefficient (Wildman–Crippen LogP) is 2.25. The third-order valence-corrected chi connectivity index (χ3v) is 3.87. The largest absolute Gasteiger partial charge is 0.396 e. The van der Waals surface area contributed by atoms with Gasteiger partial charge in [0.15, 0.2) is 0 Å². The summed E-state index contributed by atoms with van der Waals surface area (Å²) in [5, 5.41) is 15.7. The first-order chi connectivity index (χ1) is 9.63. The standard InChI is InChI=1S/C14H19ClN2O3/c15-11-1-3-12(4-2-11)17-13(19)16-9-14(10-18)5-7-20-8-6-14/h1-4,18H,5-10H2,(H2,16,17,19). The van der Waals surface area contributed by atoms with Gasteiger partial charge in [-0.1, -0.05) is 11.6 Å². The quantitative estimate of drug-likeness (QED) is 0.798. The first-order valence-electron chi connectivity index (χ1n) is 6.63. The fraction of sp³-hybridized carbons (Fsp3) is 0.500. The van der Waals surface area contributed by atoms with Crippen LogP contribution >= 0.6 is 11.6 Å². The van der Waals surface area contributed by atoms with E-state index in [0.29, 0.717) is 30.5 Å². The highest BCUT2D eigenvalue weighted by Crippen LogP contribution is 2.28. The summed E-state index contributed by atoms with van der Waals surface area (Å²) < 4.78 is 5.29. The van der Waals surface area contributed by atoms with Gasteiger partial charge >= 0.3 is 6.03 Å². The Morgan fingerprint density at radius 3 is 2.55 bits per heavy atom. The molecule has 3 N–H and O–H groups in total. The molecule has 0 atom stereocenters. The Kier molecular flexibility index (Phi) is 5.23. The Bertz CT molecular complexity index is 444. The van der Waals surface area contributed by atoms with Gasteiger partial charge in [-0.3, -0.25) is 0 Å². The zero-order valence-electron chi connectivity index (χ0n) is 11.2. The van der Waals surface area contributed by atoms with E-state index < -0.39 is 0 Å². The topological polar surface area (TPSA) is 70.6 Å². The first kappa shape index (κ1) is 15.1. The van der Waals surface area contributed by atoms with Gasteiger partial charge in [-0.25, -0.2) is 4.79 Å². The third kappa shape index (κ3) is 4.10. The van der Waals surface area contributed by atoms with Crippen LogP contribution in [0.5, 0.6) is 0 Å². The van der Waals surface area contributed by atoms with Gasteiger partial charge in [-0.15, -0.1) is 0 Å². The van der Waals surface area contributed by atoms with Crippen molar-refractivity contribution >= 4 is 23.3 Å². The molecule has 2 amide bonds. The van der Waals surface area contributed by atoms with Crippen molar-refractivity contribution < 1.29 is 14.6 Å². The number of ether oxygens (including phenoxy) is 1. The zero-order chi connectivity index (χ0) is 14.4. The van der Waals surface area contributed by atoms with Gasteiger partial charge in [-0.05, 0) is 37.1 Å². The van der Waals surface area contributed by atoms with Gasteiger partial charge in [0.1, 0.15) is 0 Å². The Hall–Kier alpha value is -1.30. The Labute approximate surface area is 123 Å². The monoisotopic (exact) mass is 298 g/mol. The molecule has 1 fully saturated rings. The average Bonchev–Trinajstić information content (AvgIpc) is 2.49. The van der Waals surface area contributed by atoms with Crippen LogP contribution in [-0.2, 0) is 4.74 Å². The molecular weight excluding hydrogens is 280 g/mol. The van der Waals surface area contributed by atoms with E-state index in [4.69, 9.17) is 16.3 Å². The molecule has 1 aliphatic heterocycles. The van der Waals surface area contributed by atoms with Crippen LogP contribution in [0.3, 0.4) is 0 Å². The predicted molar refractivity (Wildman–Crippen MR) is 78.0 cm³/mol. The number of anilines is 1. The maximum atomic E-state index is 11.8. The maximum Gasteiger partial charge on any atom is 0.319 e. The number of rotatable bonds is 4. The van der Waals surface area contributed by atoms with E-state index in [9.17, 15) is 9.90 Å². The molecule has 0 aromatic heterocycles. The number of aliphatic hydroxyl groups is 1. The number of carbonyl (C=O) groups is 1. The van der Waals surface area contributed by atoms with Crippen molar-refractivity contribution in [2.75, 3.05) is 31.7 Å². The highest BCUT2D eigenvalue weighted by molar-refractivity contribution is 6.30. The Balaban J connectivity index is 1.83. The normalized spacial score (nSPS) is 17.5. The van der Waals surface area contributed by atoms with Crippen LogP contribution < -0.4 is 10.6 Å². The van der Waals surface area contributed by atoms with Crippen molar-refractivity contribution in [2.45, 2.75) is 12.8 Å². The molecule has 0 unspecified atom stereocenters. The van der Waals surface area contributed by atoms with Crippen molar-refractivity contribution in [2.24, 2.45) is 5.41 Å². The number of hydrogen-bond donors (Lipinski definition) is 3. The molecule has 0 spiro atoms. The summed E-state index contributed by atoms with van der Waals surface area (Å²) in [5.74, 6) is 0. The van der Waals surface area contributed by atoms with E-state index in [1.165, 1.54) is 0 Å². The van der Waals surface area contributed by atoms with E-state index in [1.54, 1.807) is 24.3 Å². The Morgan fingerprint density at radius 1 is 1.30 bits per heavy atom. The number of nitrogens with one attached hydrogen (secondary N) is 2. The summed E-state index contributed by atoms with van der Waals surface area (Å²) >= 11 is 5.78. The van der Waals surface area contributed by atoms with Crippen LogP contribution in [0.25, 0.3) is 0 Å². The lowest BCUT2D eigenvalue weighted by Gasteiger charge is -2.35. The molecule has 5 nitrogen and oxygen atoms in total. The first-order valence-corrected chi connectivity index (χ1v) is 7.00. The number of aliphatic hydroxyl groups excluding tert-OH is 1. The second-order valence-electron chi connectivity index (χ2n) is 5.09. The third-order valence-electron chi connectivity index (χ3n) is 3.61. The molecule has 20 heavy (non-hydrogen) atoms. The number of halogens is 1. The molecule has 110 valence electrons. The molecule has 0 radical (unpaired) electrons. The lowest BCUT2D eigenvalue weighted by molar-refractivity contribution is -0.0136. The number of carbonyl (C=O) groups excluding carboxylic acids is 1. The fourth-order valence-electron chi connectivity index (χ4n) is 2.17. The van der Waals surface area contributed by atoms with Crippen molar-refractivity contribution in [1.82, 2.24) is 5.32 Å². The molecule has 1 aliphatic rings. The smallest absolute Gasteiger partial charge is 0.319 e. The maximum absolute atomic E-state index is 11.8. The van der Waals surface area contributed by atoms with Gasteiger partial charge in [0.05, 0.1) is 6.61 Å². The van der Waals surface area contributed by atoms with Crippen LogP contribution in [0, 0.1) is 5.41 Å². The highest BCUT2D eigenvalue weighted by Gasteiger charge is 2.32. The minimum atomic E-state index is -0.286. The summed E-state index contributed by atoms with van der Waals surface area (Å²) in [6, 6.07) is 6.61. The highest BCUT2D eigenvalue weighted by atomic mass is 35.5. The summed E-state index contributed by atoms with van der Waals surface area (Å²) in [6.45, 7) is 1.74. The lowest BCUT2D eigenvalue weighted by atomic mass is 9.81. The van der Waals surface area contributed by atoms with Crippen molar-refractivity contribution in [3.05, 3.63) is 29.3 Å². The SMILES string of the molecule is O=C(NCC1(CO)CCOCC1)Nc1ccc(Cl)cc1. The molecule has 0 saturated carbocycles. The van der Waals surface area contributed by atoms with Gasteiger partial charge in [0.2, 0.25) is 0 Å². The molecule has 1 saturated heterocycles. The summed E-state index contributed by atoms with van der Waals surface area (Å²) in [6.07, 6.45) is 1.51. The van der Waals surface area contributed by atoms with Crippen LogP contribution in [0.1, 0.15) is 12.8 Å². The molecule has 1 aromatic carbocycles. The average molecular weight is 299 g/mol. The van der Waals surface area contributed by atoms with Crippen molar-refractivity contribution in [3.63, 3.8) is 0 Å². The summed E-state index contributed by atoms with van der Waals surface area (Å²) in [4.78, 5) is 11.8. The number of hydrogen-bond acceptors (Lipinski definition) is 3. The van der Waals surface area contributed by atoms with Gasteiger partial charge in [-0.2, -0.15) is 0 Å². The molecule has 6 heteroatoms. The lowest BCUT2D eigenvalue weighted by Crippen LogP contribution is -2.44. The molecule has 1 heterocycles. The van der Waals surface area contributed by atoms with Gasteiger partial charge in [0, 0.05) is 35.9 Å². The molecule has 1 aromatic rings. The second-order valence-corrected chi connectivity index (χ2v) is 5.52. The summed E-state index contributed by atoms with van der Waals surface area (Å²) in [5.41, 5.74) is 0.409. The molecular formula is C14H19ClN2O3. The van der Waals surface area contributed by atoms with E-state index in [-0.39, 0.29) is 18.1 Å². The van der Waals surface area contributed by atoms with Crippen LogP contribution in [0.15, 0.2) is 24.3 Å². The van der Waals surface area contributed by atoms with E-state index in [2.05, 4.69) is 10.6 Å². The summed E-state index contributed by atoms with van der Waals surface area (Å²) in [7, 11) is 0. The number of benzene rings is 1. The van der Waals surface area contributed by atoms with E-state index in [1.807, 2.05) is 0 Å². The van der Waals surface area contributed by atoms with E-state index in [0.717, 1.165) is 12.8 Å². The Morgan fingerprint density at radius 2 is 1.95 bits per heavy atom.